The first kappa shape index (κ1) is 15.5. The van der Waals surface area contributed by atoms with Crippen molar-refractivity contribution < 1.29 is 0 Å². The van der Waals surface area contributed by atoms with Gasteiger partial charge in [0.25, 0.3) is 0 Å². The molecule has 0 atom stereocenters. The van der Waals surface area contributed by atoms with Crippen molar-refractivity contribution in [1.82, 2.24) is 20.2 Å². The SMILES string of the molecule is c1cnnc(N2CCC(Nc3ccc(-c4ccncc4)cn3)CC2)c1. The van der Waals surface area contributed by atoms with Gasteiger partial charge in [-0.05, 0) is 54.8 Å². The lowest BCUT2D eigenvalue weighted by molar-refractivity contribution is 0.521. The normalized spacial score (nSPS) is 15.1. The molecule has 1 N–H and O–H groups in total. The molecule has 3 aromatic heterocycles. The van der Waals surface area contributed by atoms with Crippen LogP contribution in [0, 0.1) is 0 Å². The maximum atomic E-state index is 4.56. The third kappa shape index (κ3) is 3.74. The highest BCUT2D eigenvalue weighted by molar-refractivity contribution is 5.63. The summed E-state index contributed by atoms with van der Waals surface area (Å²) in [6, 6.07) is 12.5. The van der Waals surface area contributed by atoms with Crippen molar-refractivity contribution in [1.29, 1.82) is 0 Å². The molecule has 6 nitrogen and oxygen atoms in total. The molecule has 3 aromatic rings. The molecule has 1 saturated heterocycles. The van der Waals surface area contributed by atoms with Crippen molar-refractivity contribution in [3.05, 3.63) is 61.2 Å². The van der Waals surface area contributed by atoms with E-state index >= 15 is 0 Å². The fraction of sp³-hybridized carbons (Fsp3) is 0.263. The Balaban J connectivity index is 1.34. The topological polar surface area (TPSA) is 66.8 Å². The van der Waals surface area contributed by atoms with Crippen LogP contribution in [0.5, 0.6) is 0 Å². The van der Waals surface area contributed by atoms with Gasteiger partial charge in [-0.1, -0.05) is 0 Å². The van der Waals surface area contributed by atoms with Crippen molar-refractivity contribution in [2.45, 2.75) is 18.9 Å². The Hall–Kier alpha value is -3.02. The van der Waals surface area contributed by atoms with E-state index in [1.807, 2.05) is 36.5 Å². The number of hydrogen-bond acceptors (Lipinski definition) is 6. The van der Waals surface area contributed by atoms with Gasteiger partial charge in [-0.15, -0.1) is 5.10 Å². The van der Waals surface area contributed by atoms with E-state index in [2.05, 4.69) is 36.4 Å². The second-order valence-corrected chi connectivity index (χ2v) is 6.16. The molecule has 0 amide bonds. The van der Waals surface area contributed by atoms with Crippen LogP contribution in [0.25, 0.3) is 11.1 Å². The highest BCUT2D eigenvalue weighted by atomic mass is 15.3. The Morgan fingerprint density at radius 2 is 1.76 bits per heavy atom. The maximum Gasteiger partial charge on any atom is 0.151 e. The van der Waals surface area contributed by atoms with E-state index in [1.165, 1.54) is 0 Å². The third-order valence-electron chi connectivity index (χ3n) is 4.51. The third-order valence-corrected chi connectivity index (χ3v) is 4.51. The minimum Gasteiger partial charge on any atom is -0.367 e. The first-order valence-electron chi connectivity index (χ1n) is 8.54. The Bertz CT molecular complexity index is 783. The summed E-state index contributed by atoms with van der Waals surface area (Å²) in [7, 11) is 0. The molecule has 25 heavy (non-hydrogen) atoms. The zero-order valence-corrected chi connectivity index (χ0v) is 13.9. The van der Waals surface area contributed by atoms with Crippen LogP contribution in [0.15, 0.2) is 61.2 Å². The summed E-state index contributed by atoms with van der Waals surface area (Å²) >= 11 is 0. The summed E-state index contributed by atoms with van der Waals surface area (Å²) in [5.41, 5.74) is 2.23. The fourth-order valence-electron chi connectivity index (χ4n) is 3.12. The quantitative estimate of drug-likeness (QED) is 0.792. The predicted octanol–water partition coefficient (Wildman–Crippen LogP) is 3.01. The molecule has 1 aliphatic heterocycles. The van der Waals surface area contributed by atoms with Crippen LogP contribution in [0.3, 0.4) is 0 Å². The first-order chi connectivity index (χ1) is 12.4. The number of rotatable bonds is 4. The molecular formula is C19H20N6. The van der Waals surface area contributed by atoms with Crippen LogP contribution in [0.4, 0.5) is 11.6 Å². The summed E-state index contributed by atoms with van der Waals surface area (Å²) < 4.78 is 0. The first-order valence-corrected chi connectivity index (χ1v) is 8.54. The smallest absolute Gasteiger partial charge is 0.151 e. The zero-order chi connectivity index (χ0) is 16.9. The standard InChI is InChI=1S/C19H20N6/c1-2-19(24-22-9-1)25-12-7-17(8-13-25)23-18-4-3-16(14-21-18)15-5-10-20-11-6-15/h1-6,9-11,14,17H,7-8,12-13H2,(H,21,23). The Morgan fingerprint density at radius 1 is 0.920 bits per heavy atom. The number of anilines is 2. The molecule has 4 heterocycles. The van der Waals surface area contributed by atoms with Crippen LogP contribution < -0.4 is 10.2 Å². The minimum absolute atomic E-state index is 0.437. The van der Waals surface area contributed by atoms with E-state index < -0.39 is 0 Å². The molecule has 0 aliphatic carbocycles. The Morgan fingerprint density at radius 3 is 2.44 bits per heavy atom. The van der Waals surface area contributed by atoms with Gasteiger partial charge in [-0.3, -0.25) is 4.98 Å². The van der Waals surface area contributed by atoms with Crippen LogP contribution in [0.2, 0.25) is 0 Å². The average Bonchev–Trinajstić information content (AvgIpc) is 2.71. The number of piperidine rings is 1. The lowest BCUT2D eigenvalue weighted by atomic mass is 10.0. The highest BCUT2D eigenvalue weighted by Crippen LogP contribution is 2.21. The van der Waals surface area contributed by atoms with Crippen molar-refractivity contribution in [3.8, 4) is 11.1 Å². The van der Waals surface area contributed by atoms with Gasteiger partial charge >= 0.3 is 0 Å². The van der Waals surface area contributed by atoms with E-state index in [4.69, 9.17) is 0 Å². The van der Waals surface area contributed by atoms with E-state index in [1.54, 1.807) is 18.6 Å². The summed E-state index contributed by atoms with van der Waals surface area (Å²) in [6.07, 6.45) is 9.33. The van der Waals surface area contributed by atoms with Crippen LogP contribution in [0.1, 0.15) is 12.8 Å². The number of pyridine rings is 2. The molecule has 0 bridgehead atoms. The van der Waals surface area contributed by atoms with Crippen molar-refractivity contribution in [2.24, 2.45) is 0 Å². The molecule has 6 heteroatoms. The van der Waals surface area contributed by atoms with E-state index in [9.17, 15) is 0 Å². The Kier molecular flexibility index (Phi) is 4.50. The van der Waals surface area contributed by atoms with Crippen LogP contribution in [-0.2, 0) is 0 Å². The van der Waals surface area contributed by atoms with Gasteiger partial charge < -0.3 is 10.2 Å². The second-order valence-electron chi connectivity index (χ2n) is 6.16. The number of aromatic nitrogens is 4. The number of nitrogens with one attached hydrogen (secondary N) is 1. The molecule has 0 saturated carbocycles. The maximum absolute atomic E-state index is 4.56. The lowest BCUT2D eigenvalue weighted by Gasteiger charge is -2.33. The minimum atomic E-state index is 0.437. The highest BCUT2D eigenvalue weighted by Gasteiger charge is 2.20. The van der Waals surface area contributed by atoms with Crippen molar-refractivity contribution in [3.63, 3.8) is 0 Å². The van der Waals surface area contributed by atoms with Gasteiger partial charge in [0.1, 0.15) is 5.82 Å². The molecule has 4 rings (SSSR count). The lowest BCUT2D eigenvalue weighted by Crippen LogP contribution is -2.39. The molecule has 0 aromatic carbocycles. The molecule has 0 spiro atoms. The summed E-state index contributed by atoms with van der Waals surface area (Å²) in [6.45, 7) is 1.96. The van der Waals surface area contributed by atoms with Crippen LogP contribution in [-0.4, -0.2) is 39.3 Å². The van der Waals surface area contributed by atoms with Gasteiger partial charge in [-0.2, -0.15) is 5.10 Å². The molecule has 1 fully saturated rings. The number of nitrogens with zero attached hydrogens (tertiary/aromatic N) is 5. The van der Waals surface area contributed by atoms with E-state index in [-0.39, 0.29) is 0 Å². The molecule has 126 valence electrons. The molecule has 1 aliphatic rings. The largest absolute Gasteiger partial charge is 0.367 e. The van der Waals surface area contributed by atoms with Gasteiger partial charge in [-0.25, -0.2) is 4.98 Å². The average molecular weight is 332 g/mol. The monoisotopic (exact) mass is 332 g/mol. The summed E-state index contributed by atoms with van der Waals surface area (Å²) in [5.74, 6) is 1.89. The molecule has 0 unspecified atom stereocenters. The number of hydrogen-bond donors (Lipinski definition) is 1. The fourth-order valence-corrected chi connectivity index (χ4v) is 3.12. The second kappa shape index (κ2) is 7.25. The summed E-state index contributed by atoms with van der Waals surface area (Å²) in [4.78, 5) is 10.9. The van der Waals surface area contributed by atoms with E-state index in [0.29, 0.717) is 6.04 Å². The van der Waals surface area contributed by atoms with Crippen molar-refractivity contribution >= 4 is 11.6 Å². The van der Waals surface area contributed by atoms with Gasteiger partial charge in [0.15, 0.2) is 5.82 Å². The molecular weight excluding hydrogens is 312 g/mol. The molecule has 0 radical (unpaired) electrons. The van der Waals surface area contributed by atoms with Gasteiger partial charge in [0, 0.05) is 49.5 Å². The van der Waals surface area contributed by atoms with Gasteiger partial charge in [0.2, 0.25) is 0 Å². The Labute approximate surface area is 147 Å². The van der Waals surface area contributed by atoms with Crippen LogP contribution >= 0.6 is 0 Å². The summed E-state index contributed by atoms with van der Waals surface area (Å²) in [5, 5.41) is 11.7. The van der Waals surface area contributed by atoms with E-state index in [0.717, 1.165) is 48.7 Å². The van der Waals surface area contributed by atoms with Gasteiger partial charge in [0.05, 0.1) is 0 Å². The van der Waals surface area contributed by atoms with Crippen molar-refractivity contribution in [2.75, 3.05) is 23.3 Å². The zero-order valence-electron chi connectivity index (χ0n) is 13.9. The predicted molar refractivity (Wildman–Crippen MR) is 98.4 cm³/mol.